The lowest BCUT2D eigenvalue weighted by Crippen LogP contribution is -2.35. The molecule has 0 bridgehead atoms. The first-order valence-corrected chi connectivity index (χ1v) is 9.07. The van der Waals surface area contributed by atoms with Gasteiger partial charge in [0.05, 0.1) is 24.8 Å². The largest absolute Gasteiger partial charge is 0.493 e. The molecule has 0 aromatic heterocycles. The van der Waals surface area contributed by atoms with Crippen molar-refractivity contribution in [1.29, 1.82) is 5.26 Å². The zero-order chi connectivity index (χ0) is 19.8. The Labute approximate surface area is 160 Å². The van der Waals surface area contributed by atoms with Gasteiger partial charge in [-0.2, -0.15) is 5.26 Å². The van der Waals surface area contributed by atoms with Gasteiger partial charge in [0.2, 0.25) is 0 Å². The van der Waals surface area contributed by atoms with Crippen LogP contribution in [-0.4, -0.2) is 19.6 Å². The van der Waals surface area contributed by atoms with Crippen molar-refractivity contribution in [2.45, 2.75) is 33.2 Å². The minimum Gasteiger partial charge on any atom is -0.493 e. The van der Waals surface area contributed by atoms with Crippen molar-refractivity contribution in [3.63, 3.8) is 0 Å². The summed E-state index contributed by atoms with van der Waals surface area (Å²) in [5.74, 6) is 0.892. The molecule has 2 aromatic rings. The fourth-order valence-electron chi connectivity index (χ4n) is 2.81. The molecule has 0 radical (unpaired) electrons. The average molecular weight is 366 g/mol. The van der Waals surface area contributed by atoms with E-state index in [0.29, 0.717) is 17.1 Å². The number of nitrogens with zero attached hydrogens (tertiary/aromatic N) is 1. The van der Waals surface area contributed by atoms with Crippen molar-refractivity contribution < 1.29 is 14.3 Å². The van der Waals surface area contributed by atoms with Crippen molar-refractivity contribution in [3.05, 3.63) is 59.2 Å². The van der Waals surface area contributed by atoms with E-state index in [-0.39, 0.29) is 24.5 Å². The second-order valence-corrected chi connectivity index (χ2v) is 6.65. The molecule has 1 atom stereocenters. The van der Waals surface area contributed by atoms with E-state index in [1.54, 1.807) is 18.2 Å². The molecule has 1 N–H and O–H groups in total. The highest BCUT2D eigenvalue weighted by molar-refractivity contribution is 5.78. The Hall–Kier alpha value is -3.00. The minimum absolute atomic E-state index is 0.0881. The van der Waals surface area contributed by atoms with Crippen LogP contribution in [0.25, 0.3) is 0 Å². The Balaban J connectivity index is 2.03. The Morgan fingerprint density at radius 1 is 1.15 bits per heavy atom. The molecular weight excluding hydrogens is 340 g/mol. The van der Waals surface area contributed by atoms with E-state index in [0.717, 1.165) is 12.0 Å². The third kappa shape index (κ3) is 5.49. The topological polar surface area (TPSA) is 71.3 Å². The van der Waals surface area contributed by atoms with Crippen molar-refractivity contribution in [3.8, 4) is 17.6 Å². The van der Waals surface area contributed by atoms with Crippen LogP contribution in [0.2, 0.25) is 0 Å². The van der Waals surface area contributed by atoms with Gasteiger partial charge in [0.15, 0.2) is 18.1 Å². The summed E-state index contributed by atoms with van der Waals surface area (Å²) in [6.45, 7) is 6.14. The number of hydrogen-bond acceptors (Lipinski definition) is 4. The second-order valence-electron chi connectivity index (χ2n) is 6.65. The maximum atomic E-state index is 12.4. The van der Waals surface area contributed by atoms with Gasteiger partial charge in [-0.1, -0.05) is 45.0 Å². The normalized spacial score (nSPS) is 11.6. The minimum atomic E-state index is -0.209. The van der Waals surface area contributed by atoms with E-state index >= 15 is 0 Å². The third-order valence-corrected chi connectivity index (χ3v) is 4.38. The zero-order valence-corrected chi connectivity index (χ0v) is 16.3. The van der Waals surface area contributed by atoms with Crippen molar-refractivity contribution in [2.24, 2.45) is 5.92 Å². The molecule has 0 saturated heterocycles. The number of nitriles is 1. The van der Waals surface area contributed by atoms with Crippen molar-refractivity contribution >= 4 is 5.91 Å². The lowest BCUT2D eigenvalue weighted by molar-refractivity contribution is -0.124. The quantitative estimate of drug-likeness (QED) is 0.766. The summed E-state index contributed by atoms with van der Waals surface area (Å²) in [7, 11) is 1.50. The van der Waals surface area contributed by atoms with Crippen LogP contribution in [0.15, 0.2) is 42.5 Å². The predicted octanol–water partition coefficient (Wildman–Crippen LogP) is 4.02. The highest BCUT2D eigenvalue weighted by Crippen LogP contribution is 2.28. The number of benzene rings is 2. The molecule has 0 aliphatic rings. The lowest BCUT2D eigenvalue weighted by Gasteiger charge is -2.23. The van der Waals surface area contributed by atoms with E-state index in [1.807, 2.05) is 6.07 Å². The lowest BCUT2D eigenvalue weighted by atomic mass is 9.95. The van der Waals surface area contributed by atoms with Crippen LogP contribution in [0.4, 0.5) is 0 Å². The van der Waals surface area contributed by atoms with Crippen molar-refractivity contribution in [2.75, 3.05) is 13.7 Å². The highest BCUT2D eigenvalue weighted by atomic mass is 16.5. The van der Waals surface area contributed by atoms with Gasteiger partial charge in [-0.15, -0.1) is 0 Å². The molecule has 142 valence electrons. The summed E-state index contributed by atoms with van der Waals surface area (Å²) in [4.78, 5) is 12.4. The molecule has 0 aliphatic carbocycles. The van der Waals surface area contributed by atoms with Crippen LogP contribution in [0, 0.1) is 17.2 Å². The maximum Gasteiger partial charge on any atom is 0.258 e. The summed E-state index contributed by atoms with van der Waals surface area (Å²) >= 11 is 0. The van der Waals surface area contributed by atoms with Crippen LogP contribution in [0.1, 0.15) is 43.5 Å². The summed E-state index contributed by atoms with van der Waals surface area (Å²) in [5.41, 5.74) is 2.81. The summed E-state index contributed by atoms with van der Waals surface area (Å²) in [6.07, 6.45) is 0.985. The number of nitrogens with one attached hydrogen (secondary N) is 1. The Morgan fingerprint density at radius 2 is 1.85 bits per heavy atom. The number of methoxy groups -OCH3 is 1. The standard InChI is InChI=1S/C22H26N2O3/c1-5-16-6-9-18(10-7-16)22(15(2)3)24-21(25)14-27-19-11-8-17(13-23)12-20(19)26-4/h6-12,15,22H,5,14H2,1-4H3,(H,24,25)/t22-/m0/s1. The number of ether oxygens (including phenoxy) is 2. The zero-order valence-electron chi connectivity index (χ0n) is 16.3. The van der Waals surface area contributed by atoms with Gasteiger partial charge in [0.1, 0.15) is 0 Å². The van der Waals surface area contributed by atoms with Gasteiger partial charge in [0.25, 0.3) is 5.91 Å². The number of rotatable bonds is 8. The number of carbonyl (C=O) groups is 1. The highest BCUT2D eigenvalue weighted by Gasteiger charge is 2.19. The van der Waals surface area contributed by atoms with Crippen LogP contribution < -0.4 is 14.8 Å². The molecule has 1 amide bonds. The first kappa shape index (κ1) is 20.3. The molecule has 5 heteroatoms. The van der Waals surface area contributed by atoms with E-state index in [9.17, 15) is 4.79 Å². The van der Waals surface area contributed by atoms with Gasteiger partial charge >= 0.3 is 0 Å². The van der Waals surface area contributed by atoms with Crippen LogP contribution in [0.5, 0.6) is 11.5 Å². The van der Waals surface area contributed by atoms with E-state index in [4.69, 9.17) is 14.7 Å². The average Bonchev–Trinajstić information content (AvgIpc) is 2.70. The molecule has 2 rings (SSSR count). The van der Waals surface area contributed by atoms with E-state index in [1.165, 1.54) is 12.7 Å². The molecule has 0 heterocycles. The van der Waals surface area contributed by atoms with Gasteiger partial charge in [-0.05, 0) is 35.6 Å². The van der Waals surface area contributed by atoms with Gasteiger partial charge in [-0.3, -0.25) is 4.79 Å². The first-order valence-electron chi connectivity index (χ1n) is 9.07. The molecular formula is C22H26N2O3. The predicted molar refractivity (Wildman–Crippen MR) is 105 cm³/mol. The molecule has 0 spiro atoms. The van der Waals surface area contributed by atoms with Crippen molar-refractivity contribution in [1.82, 2.24) is 5.32 Å². The first-order chi connectivity index (χ1) is 13.0. The summed E-state index contributed by atoms with van der Waals surface area (Å²) in [5, 5.41) is 12.0. The number of aryl methyl sites for hydroxylation is 1. The fourth-order valence-corrected chi connectivity index (χ4v) is 2.81. The number of hydrogen-bond donors (Lipinski definition) is 1. The van der Waals surface area contributed by atoms with E-state index < -0.39 is 0 Å². The summed E-state index contributed by atoms with van der Waals surface area (Å²) < 4.78 is 10.8. The molecule has 0 aliphatic heterocycles. The summed E-state index contributed by atoms with van der Waals surface area (Å²) in [6, 6.07) is 15.1. The van der Waals surface area contributed by atoms with Gasteiger partial charge < -0.3 is 14.8 Å². The smallest absolute Gasteiger partial charge is 0.258 e. The maximum absolute atomic E-state index is 12.4. The van der Waals surface area contributed by atoms with E-state index in [2.05, 4.69) is 50.4 Å². The van der Waals surface area contributed by atoms with Crippen LogP contribution >= 0.6 is 0 Å². The Morgan fingerprint density at radius 3 is 2.41 bits per heavy atom. The van der Waals surface area contributed by atoms with Gasteiger partial charge in [-0.25, -0.2) is 0 Å². The molecule has 27 heavy (non-hydrogen) atoms. The molecule has 0 fully saturated rings. The van der Waals surface area contributed by atoms with Gasteiger partial charge in [0, 0.05) is 6.07 Å². The third-order valence-electron chi connectivity index (χ3n) is 4.38. The Bertz CT molecular complexity index is 807. The van der Waals surface area contributed by atoms with Crippen LogP contribution in [0.3, 0.4) is 0 Å². The molecule has 0 saturated carbocycles. The number of carbonyl (C=O) groups excluding carboxylic acids is 1. The van der Waals surface area contributed by atoms with Crippen LogP contribution in [-0.2, 0) is 11.2 Å². The molecule has 0 unspecified atom stereocenters. The monoisotopic (exact) mass is 366 g/mol. The fraction of sp³-hybridized carbons (Fsp3) is 0.364. The SMILES string of the molecule is CCc1ccc([C@@H](NC(=O)COc2ccc(C#N)cc2OC)C(C)C)cc1. The Kier molecular flexibility index (Phi) is 7.25. The second kappa shape index (κ2) is 9.63. The number of amides is 1. The molecule has 2 aromatic carbocycles. The molecule has 5 nitrogen and oxygen atoms in total.